The monoisotopic (exact) mass is 504 g/mol. The topological polar surface area (TPSA) is 90.8 Å². The molecule has 3 atom stereocenters. The highest BCUT2D eigenvalue weighted by Crippen LogP contribution is 2.46. The summed E-state index contributed by atoms with van der Waals surface area (Å²) in [5.41, 5.74) is -3.52. The average molecular weight is 505 g/mol. The first-order chi connectivity index (χ1) is 14.0. The molecule has 2 aromatic rings. The predicted molar refractivity (Wildman–Crippen MR) is 109 cm³/mol. The van der Waals surface area contributed by atoms with Gasteiger partial charge in [-0.3, -0.25) is 4.79 Å². The van der Waals surface area contributed by atoms with E-state index in [1.807, 2.05) is 5.32 Å². The highest BCUT2D eigenvalue weighted by Gasteiger charge is 2.65. The van der Waals surface area contributed by atoms with Gasteiger partial charge in [0, 0.05) is 5.56 Å². The molecular weight excluding hydrogens is 489 g/mol. The molecule has 30 heavy (non-hydrogen) atoms. The fourth-order valence-electron chi connectivity index (χ4n) is 3.33. The summed E-state index contributed by atoms with van der Waals surface area (Å²) in [4.78, 5) is 13.2. The van der Waals surface area contributed by atoms with E-state index in [1.54, 1.807) is 6.07 Å². The fourth-order valence-corrected chi connectivity index (χ4v) is 4.07. The van der Waals surface area contributed by atoms with Crippen LogP contribution in [0.5, 0.6) is 11.5 Å². The maximum atomic E-state index is 14.0. The molecule has 0 unspecified atom stereocenters. The van der Waals surface area contributed by atoms with E-state index >= 15 is 0 Å². The lowest BCUT2D eigenvalue weighted by Gasteiger charge is -2.46. The molecular formula is C19H16BrF3N2O4S. The van der Waals surface area contributed by atoms with Gasteiger partial charge < -0.3 is 25.6 Å². The van der Waals surface area contributed by atoms with Gasteiger partial charge in [-0.1, -0.05) is 30.3 Å². The minimum Gasteiger partial charge on any atom is -0.503 e. The molecule has 1 saturated heterocycles. The number of alkyl halides is 3. The van der Waals surface area contributed by atoms with Crippen molar-refractivity contribution >= 4 is 39.0 Å². The summed E-state index contributed by atoms with van der Waals surface area (Å²) >= 11 is 8.00. The standard InChI is InChI=1S/C19H16BrF3N2O4S/c1-29-12-8-10(7-11(20)16(12)27)14-13(15(26)9-5-3-2-4-6-9)18(28,19(21,22)23)25-17(30)24-14/h2-8,13-14,27-28H,1H3,(H2,24,25,30)/t13-,14+,18-/m0/s1. The molecule has 160 valence electrons. The summed E-state index contributed by atoms with van der Waals surface area (Å²) in [6, 6.07) is 8.54. The van der Waals surface area contributed by atoms with Gasteiger partial charge in [0.1, 0.15) is 5.92 Å². The third-order valence-electron chi connectivity index (χ3n) is 4.78. The Hall–Kier alpha value is -2.37. The van der Waals surface area contributed by atoms with Crippen LogP contribution in [0.2, 0.25) is 0 Å². The number of carbonyl (C=O) groups excluding carboxylic acids is 1. The molecule has 0 amide bonds. The SMILES string of the molecule is COc1cc([C@H]2NC(=S)N[C@@](O)(C(F)(F)F)[C@@H]2C(=O)c2ccccc2)cc(Br)c1O. The second-order valence-electron chi connectivity index (χ2n) is 6.60. The highest BCUT2D eigenvalue weighted by atomic mass is 79.9. The van der Waals surface area contributed by atoms with Gasteiger partial charge in [0.25, 0.3) is 0 Å². The van der Waals surface area contributed by atoms with Crippen LogP contribution in [0, 0.1) is 5.92 Å². The Morgan fingerprint density at radius 2 is 1.90 bits per heavy atom. The van der Waals surface area contributed by atoms with Gasteiger partial charge >= 0.3 is 6.18 Å². The van der Waals surface area contributed by atoms with Crippen molar-refractivity contribution < 1.29 is 32.9 Å². The van der Waals surface area contributed by atoms with E-state index in [-0.39, 0.29) is 27.1 Å². The molecule has 1 aliphatic heterocycles. The Kier molecular flexibility index (Phi) is 5.99. The maximum absolute atomic E-state index is 14.0. The number of nitrogens with one attached hydrogen (secondary N) is 2. The Bertz CT molecular complexity index is 990. The van der Waals surface area contributed by atoms with E-state index in [9.17, 15) is 28.2 Å². The number of Topliss-reactive ketones (excluding diaryl/α,β-unsaturated/α-hetero) is 1. The third kappa shape index (κ3) is 3.84. The largest absolute Gasteiger partial charge is 0.503 e. The summed E-state index contributed by atoms with van der Waals surface area (Å²) in [5, 5.41) is 24.7. The van der Waals surface area contributed by atoms with Gasteiger partial charge in [-0.05, 0) is 45.8 Å². The van der Waals surface area contributed by atoms with Crippen molar-refractivity contribution in [3.05, 3.63) is 58.1 Å². The van der Waals surface area contributed by atoms with E-state index in [2.05, 4.69) is 21.2 Å². The molecule has 1 fully saturated rings. The fraction of sp³-hybridized carbons (Fsp3) is 0.263. The molecule has 2 aromatic carbocycles. The molecule has 0 bridgehead atoms. The van der Waals surface area contributed by atoms with E-state index in [1.165, 1.54) is 43.5 Å². The lowest BCUT2D eigenvalue weighted by Crippen LogP contribution is -2.72. The van der Waals surface area contributed by atoms with Crippen LogP contribution in [0.3, 0.4) is 0 Å². The zero-order chi connectivity index (χ0) is 22.3. The predicted octanol–water partition coefficient (Wildman–Crippen LogP) is 3.43. The minimum atomic E-state index is -5.23. The van der Waals surface area contributed by atoms with Crippen molar-refractivity contribution in [1.29, 1.82) is 0 Å². The van der Waals surface area contributed by atoms with Gasteiger partial charge in [-0.15, -0.1) is 0 Å². The van der Waals surface area contributed by atoms with Crippen LogP contribution in [0.15, 0.2) is 46.9 Å². The molecule has 3 rings (SSSR count). The van der Waals surface area contributed by atoms with Crippen LogP contribution in [-0.4, -0.2) is 40.1 Å². The van der Waals surface area contributed by atoms with Gasteiger partial charge in [0.05, 0.1) is 17.6 Å². The first kappa shape index (κ1) is 22.3. The van der Waals surface area contributed by atoms with Gasteiger partial charge in [-0.2, -0.15) is 13.2 Å². The van der Waals surface area contributed by atoms with E-state index < -0.39 is 34.8 Å². The number of phenolic OH excluding ortho intramolecular Hbond substituents is 1. The number of rotatable bonds is 4. The lowest BCUT2D eigenvalue weighted by molar-refractivity contribution is -0.285. The Labute approximate surface area is 183 Å². The van der Waals surface area contributed by atoms with Crippen LogP contribution in [0.4, 0.5) is 13.2 Å². The average Bonchev–Trinajstić information content (AvgIpc) is 2.68. The molecule has 11 heteroatoms. The number of ketones is 1. The zero-order valence-corrected chi connectivity index (χ0v) is 17.7. The number of phenols is 1. The van der Waals surface area contributed by atoms with E-state index in [0.29, 0.717) is 0 Å². The van der Waals surface area contributed by atoms with Crippen LogP contribution >= 0.6 is 28.1 Å². The van der Waals surface area contributed by atoms with Crippen LogP contribution in [0.25, 0.3) is 0 Å². The van der Waals surface area contributed by atoms with Gasteiger partial charge in [-0.25, -0.2) is 0 Å². The summed E-state index contributed by atoms with van der Waals surface area (Å²) in [7, 11) is 1.27. The van der Waals surface area contributed by atoms with Crippen molar-refractivity contribution in [3.63, 3.8) is 0 Å². The van der Waals surface area contributed by atoms with Crippen LogP contribution < -0.4 is 15.4 Å². The quantitative estimate of drug-likeness (QED) is 0.374. The number of methoxy groups -OCH3 is 1. The van der Waals surface area contributed by atoms with E-state index in [4.69, 9.17) is 17.0 Å². The third-order valence-corrected chi connectivity index (χ3v) is 5.60. The number of benzene rings is 2. The summed E-state index contributed by atoms with van der Waals surface area (Å²) in [6.07, 6.45) is -5.23. The molecule has 0 radical (unpaired) electrons. The van der Waals surface area contributed by atoms with Crippen molar-refractivity contribution in [3.8, 4) is 11.5 Å². The highest BCUT2D eigenvalue weighted by molar-refractivity contribution is 9.10. The van der Waals surface area contributed by atoms with Gasteiger partial charge in [0.15, 0.2) is 22.4 Å². The number of hydrogen-bond acceptors (Lipinski definition) is 5. The Morgan fingerprint density at radius 1 is 1.27 bits per heavy atom. The second kappa shape index (κ2) is 8.05. The van der Waals surface area contributed by atoms with Crippen LogP contribution in [-0.2, 0) is 0 Å². The van der Waals surface area contributed by atoms with Crippen molar-refractivity contribution in [1.82, 2.24) is 10.6 Å². The summed E-state index contributed by atoms with van der Waals surface area (Å²) in [5.74, 6) is -3.30. The maximum Gasteiger partial charge on any atom is 0.437 e. The first-order valence-electron chi connectivity index (χ1n) is 8.53. The Balaban J connectivity index is 2.22. The Morgan fingerprint density at radius 3 is 2.47 bits per heavy atom. The van der Waals surface area contributed by atoms with Crippen molar-refractivity contribution in [2.75, 3.05) is 7.11 Å². The summed E-state index contributed by atoms with van der Waals surface area (Å²) in [6.45, 7) is 0. The number of aromatic hydroxyl groups is 1. The normalized spacial score (nSPS) is 24.0. The number of ether oxygens (including phenoxy) is 1. The molecule has 1 heterocycles. The number of hydrogen-bond donors (Lipinski definition) is 4. The zero-order valence-electron chi connectivity index (χ0n) is 15.3. The number of halogens is 4. The molecule has 0 saturated carbocycles. The number of thiocarbonyl (C=S) groups is 1. The number of aliphatic hydroxyl groups is 1. The summed E-state index contributed by atoms with van der Waals surface area (Å²) < 4.78 is 47.1. The van der Waals surface area contributed by atoms with Crippen molar-refractivity contribution in [2.45, 2.75) is 17.9 Å². The van der Waals surface area contributed by atoms with Gasteiger partial charge in [0.2, 0.25) is 5.72 Å². The molecule has 1 aliphatic rings. The smallest absolute Gasteiger partial charge is 0.437 e. The second-order valence-corrected chi connectivity index (χ2v) is 7.86. The minimum absolute atomic E-state index is 0.0172. The molecule has 0 aromatic heterocycles. The molecule has 6 nitrogen and oxygen atoms in total. The molecule has 0 spiro atoms. The van der Waals surface area contributed by atoms with E-state index in [0.717, 1.165) is 0 Å². The molecule has 0 aliphatic carbocycles. The lowest BCUT2D eigenvalue weighted by atomic mass is 9.77. The molecule has 4 N–H and O–H groups in total. The first-order valence-corrected chi connectivity index (χ1v) is 9.73. The number of carbonyl (C=O) groups is 1. The van der Waals surface area contributed by atoms with Crippen LogP contribution in [0.1, 0.15) is 22.0 Å². The van der Waals surface area contributed by atoms with Crippen molar-refractivity contribution in [2.24, 2.45) is 5.92 Å².